The number of halogens is 4. The van der Waals surface area contributed by atoms with E-state index in [0.29, 0.717) is 0 Å². The van der Waals surface area contributed by atoms with Gasteiger partial charge in [-0.25, -0.2) is 0 Å². The molecule has 6 rings (SSSR count). The summed E-state index contributed by atoms with van der Waals surface area (Å²) in [7, 11) is -6.76. The molecule has 8 heteroatoms. The van der Waals surface area contributed by atoms with E-state index >= 15 is 0 Å². The molecular weight excluding hydrogens is 647 g/mol. The van der Waals surface area contributed by atoms with Crippen LogP contribution in [0.15, 0.2) is 134 Å². The van der Waals surface area contributed by atoms with Crippen molar-refractivity contribution in [1.29, 1.82) is 0 Å². The standard InChI is InChI=1S/C31H22NP.C3H5.BF4.Pd/c1-3-13-25(14-4-1)33(26-15-5-2-6-16-26)29-20-19-23-11-7-9-17-27(23)30(29)31-28-18-10-8-12-24(28)21-22-32-31;1-3-2;2-1(3,4)5;/h1-22H;3H,1-2H2;;/q;;-1;+2. The van der Waals surface area contributed by atoms with Crippen LogP contribution >= 0.6 is 7.92 Å². The van der Waals surface area contributed by atoms with E-state index in [9.17, 15) is 17.3 Å². The summed E-state index contributed by atoms with van der Waals surface area (Å²) in [4.78, 5) is 4.97. The Morgan fingerprint density at radius 1 is 0.571 bits per heavy atom. The zero-order valence-electron chi connectivity index (χ0n) is 22.5. The van der Waals surface area contributed by atoms with Crippen LogP contribution in [0.3, 0.4) is 0 Å². The predicted molar refractivity (Wildman–Crippen MR) is 169 cm³/mol. The van der Waals surface area contributed by atoms with Crippen LogP contribution < -0.4 is 15.9 Å². The molecule has 0 aliphatic carbocycles. The minimum Gasteiger partial charge on any atom is -0.418 e. The van der Waals surface area contributed by atoms with Crippen molar-refractivity contribution in [3.05, 3.63) is 154 Å². The summed E-state index contributed by atoms with van der Waals surface area (Å²) in [6, 6.07) is 45.7. The summed E-state index contributed by atoms with van der Waals surface area (Å²) < 4.78 is 39.0. The third-order valence-electron chi connectivity index (χ3n) is 6.09. The molecule has 0 fully saturated rings. The Kier molecular flexibility index (Phi) is 12.4. The minimum atomic E-state index is -6.00. The summed E-state index contributed by atoms with van der Waals surface area (Å²) in [6.07, 6.45) is 3.44. The van der Waals surface area contributed by atoms with Gasteiger partial charge in [0.25, 0.3) is 0 Å². The SMILES string of the molecule is F[B-](F)(F)F.[CH2][CH][CH2].[Pd+2].c1ccc(P(c2ccccc2)c2ccc3ccccc3c2-c2nccc3ccccc23)cc1. The minimum absolute atomic E-state index is 0. The van der Waals surface area contributed by atoms with Crippen LogP contribution in [0.5, 0.6) is 0 Å². The number of fused-ring (bicyclic) bond motifs is 2. The molecule has 1 nitrogen and oxygen atoms in total. The molecule has 3 radical (unpaired) electrons. The van der Waals surface area contributed by atoms with Gasteiger partial charge in [0.2, 0.25) is 0 Å². The molecule has 42 heavy (non-hydrogen) atoms. The fourth-order valence-corrected chi connectivity index (χ4v) is 7.06. The molecular formula is C34H27BF4NPPd+. The van der Waals surface area contributed by atoms with Crippen LogP contribution in [0, 0.1) is 20.3 Å². The van der Waals surface area contributed by atoms with Gasteiger partial charge in [-0.05, 0) is 66.3 Å². The van der Waals surface area contributed by atoms with Crippen molar-refractivity contribution in [2.24, 2.45) is 0 Å². The second-order valence-corrected chi connectivity index (χ2v) is 11.0. The summed E-state index contributed by atoms with van der Waals surface area (Å²) in [5, 5.41) is 8.91. The maximum Gasteiger partial charge on any atom is 2.00 e. The third-order valence-corrected chi connectivity index (χ3v) is 8.57. The van der Waals surface area contributed by atoms with Gasteiger partial charge in [-0.1, -0.05) is 121 Å². The fourth-order valence-electron chi connectivity index (χ4n) is 4.60. The second kappa shape index (κ2) is 15.8. The quantitative estimate of drug-likeness (QED) is 0.103. The molecule has 0 saturated carbocycles. The van der Waals surface area contributed by atoms with Crippen LogP contribution in [-0.4, -0.2) is 12.2 Å². The molecule has 0 aliphatic heterocycles. The second-order valence-electron chi connectivity index (χ2n) is 8.85. The van der Waals surface area contributed by atoms with Gasteiger partial charge in [0.05, 0.1) is 5.69 Å². The first kappa shape index (κ1) is 33.2. The van der Waals surface area contributed by atoms with Gasteiger partial charge in [-0.2, -0.15) is 0 Å². The Balaban J connectivity index is 0.000000482. The van der Waals surface area contributed by atoms with Crippen LogP contribution in [0.4, 0.5) is 17.3 Å². The van der Waals surface area contributed by atoms with E-state index in [-0.39, 0.29) is 20.4 Å². The van der Waals surface area contributed by atoms with Gasteiger partial charge in [-0.15, -0.1) is 0 Å². The van der Waals surface area contributed by atoms with Gasteiger partial charge in [0.15, 0.2) is 0 Å². The van der Waals surface area contributed by atoms with Crippen molar-refractivity contribution < 1.29 is 37.7 Å². The van der Waals surface area contributed by atoms with Crippen molar-refractivity contribution in [2.75, 3.05) is 0 Å². The maximum absolute atomic E-state index is 9.75. The topological polar surface area (TPSA) is 12.9 Å². The van der Waals surface area contributed by atoms with Crippen molar-refractivity contribution >= 4 is 52.6 Å². The number of hydrogen-bond acceptors (Lipinski definition) is 1. The molecule has 0 bridgehead atoms. The molecule has 1 heterocycles. The molecule has 213 valence electrons. The van der Waals surface area contributed by atoms with E-state index in [1.807, 2.05) is 6.20 Å². The van der Waals surface area contributed by atoms with E-state index in [0.717, 1.165) is 5.69 Å². The van der Waals surface area contributed by atoms with Crippen LogP contribution in [0.1, 0.15) is 0 Å². The summed E-state index contributed by atoms with van der Waals surface area (Å²) in [6.45, 7) is 6.50. The molecule has 0 aliphatic rings. The maximum atomic E-state index is 9.75. The molecule has 0 spiro atoms. The van der Waals surface area contributed by atoms with Gasteiger partial charge >= 0.3 is 27.7 Å². The number of pyridine rings is 1. The Bertz CT molecular complexity index is 1650. The van der Waals surface area contributed by atoms with Gasteiger partial charge in [0, 0.05) is 17.1 Å². The molecule has 6 aromatic rings. The monoisotopic (exact) mass is 673 g/mol. The zero-order valence-corrected chi connectivity index (χ0v) is 24.9. The number of aromatic nitrogens is 1. The first-order valence-electron chi connectivity index (χ1n) is 12.9. The van der Waals surface area contributed by atoms with Crippen molar-refractivity contribution in [3.63, 3.8) is 0 Å². The van der Waals surface area contributed by atoms with E-state index in [4.69, 9.17) is 4.98 Å². The van der Waals surface area contributed by atoms with Gasteiger partial charge < -0.3 is 17.3 Å². The van der Waals surface area contributed by atoms with Crippen LogP contribution in [0.25, 0.3) is 32.8 Å². The largest absolute Gasteiger partial charge is 2.00 e. The zero-order chi connectivity index (χ0) is 29.2. The van der Waals surface area contributed by atoms with Gasteiger partial charge in [-0.3, -0.25) is 4.98 Å². The van der Waals surface area contributed by atoms with E-state index in [1.54, 1.807) is 0 Å². The summed E-state index contributed by atoms with van der Waals surface area (Å²) >= 11 is 0. The Hall–Kier alpha value is -3.35. The Morgan fingerprint density at radius 3 is 1.52 bits per heavy atom. The third kappa shape index (κ3) is 8.59. The molecule has 0 unspecified atom stereocenters. The normalized spacial score (nSPS) is 10.7. The van der Waals surface area contributed by atoms with E-state index in [1.165, 1.54) is 49.4 Å². The number of hydrogen-bond donors (Lipinski definition) is 0. The smallest absolute Gasteiger partial charge is 0.418 e. The van der Waals surface area contributed by atoms with Gasteiger partial charge in [0.1, 0.15) is 0 Å². The number of benzene rings is 5. The van der Waals surface area contributed by atoms with Crippen LogP contribution in [0.2, 0.25) is 0 Å². The Morgan fingerprint density at radius 2 is 1.00 bits per heavy atom. The van der Waals surface area contributed by atoms with Crippen LogP contribution in [-0.2, 0) is 20.4 Å². The van der Waals surface area contributed by atoms with Crippen molar-refractivity contribution in [1.82, 2.24) is 4.98 Å². The first-order valence-corrected chi connectivity index (χ1v) is 14.2. The molecule has 1 aromatic heterocycles. The number of nitrogens with zero attached hydrogens (tertiary/aromatic N) is 1. The van der Waals surface area contributed by atoms with E-state index in [2.05, 4.69) is 141 Å². The average molecular weight is 674 g/mol. The summed E-state index contributed by atoms with van der Waals surface area (Å²) in [5.41, 5.74) is 2.29. The predicted octanol–water partition coefficient (Wildman–Crippen LogP) is 8.97. The molecule has 0 atom stereocenters. The van der Waals surface area contributed by atoms with Crippen molar-refractivity contribution in [2.45, 2.75) is 0 Å². The summed E-state index contributed by atoms with van der Waals surface area (Å²) in [5.74, 6) is 0. The number of rotatable bonds is 4. The molecule has 0 N–H and O–H groups in total. The molecule has 0 amide bonds. The van der Waals surface area contributed by atoms with Crippen molar-refractivity contribution in [3.8, 4) is 11.3 Å². The van der Waals surface area contributed by atoms with E-state index < -0.39 is 15.2 Å². The average Bonchev–Trinajstić information content (AvgIpc) is 2.98. The molecule has 5 aromatic carbocycles. The first-order chi connectivity index (χ1) is 19.8. The fraction of sp³-hybridized carbons (Fsp3) is 0. The Labute approximate surface area is 259 Å². The molecule has 0 saturated heterocycles.